The standard InChI is InChI=1S/C12H20BrN3O2/c1-12(2,3)11-15-9(13)8-10(16-11)14-4-6-18-7-5-17/h8,17H,4-7H2,1-3H3,(H,14,15,16). The molecule has 1 rings (SSSR count). The third-order valence-electron chi connectivity index (χ3n) is 2.15. The maximum absolute atomic E-state index is 8.57. The lowest BCUT2D eigenvalue weighted by Gasteiger charge is -2.17. The average Bonchev–Trinajstić information content (AvgIpc) is 2.27. The second kappa shape index (κ2) is 7.01. The molecule has 1 aromatic heterocycles. The number of rotatable bonds is 6. The largest absolute Gasteiger partial charge is 0.394 e. The zero-order valence-electron chi connectivity index (χ0n) is 11.0. The fourth-order valence-corrected chi connectivity index (χ4v) is 1.65. The lowest BCUT2D eigenvalue weighted by molar-refractivity contribution is 0.0992. The van der Waals surface area contributed by atoms with Crippen molar-refractivity contribution in [3.8, 4) is 0 Å². The van der Waals surface area contributed by atoms with Gasteiger partial charge in [-0.05, 0) is 15.9 Å². The first-order valence-corrected chi connectivity index (χ1v) is 6.70. The molecule has 1 heterocycles. The van der Waals surface area contributed by atoms with Crippen LogP contribution >= 0.6 is 15.9 Å². The number of aromatic nitrogens is 2. The summed E-state index contributed by atoms with van der Waals surface area (Å²) in [5.74, 6) is 1.56. The fraction of sp³-hybridized carbons (Fsp3) is 0.667. The monoisotopic (exact) mass is 317 g/mol. The van der Waals surface area contributed by atoms with Crippen molar-refractivity contribution in [3.63, 3.8) is 0 Å². The Labute approximate surface area is 116 Å². The van der Waals surface area contributed by atoms with E-state index in [9.17, 15) is 0 Å². The number of hydrogen-bond donors (Lipinski definition) is 2. The highest BCUT2D eigenvalue weighted by atomic mass is 79.9. The minimum Gasteiger partial charge on any atom is -0.394 e. The van der Waals surface area contributed by atoms with Crippen molar-refractivity contribution in [1.29, 1.82) is 0 Å². The highest BCUT2D eigenvalue weighted by Gasteiger charge is 2.18. The van der Waals surface area contributed by atoms with Gasteiger partial charge in [-0.1, -0.05) is 20.8 Å². The molecule has 0 atom stereocenters. The Balaban J connectivity index is 2.58. The predicted molar refractivity (Wildman–Crippen MR) is 74.8 cm³/mol. The van der Waals surface area contributed by atoms with Gasteiger partial charge in [0.1, 0.15) is 16.2 Å². The molecule has 18 heavy (non-hydrogen) atoms. The van der Waals surface area contributed by atoms with Gasteiger partial charge in [0.05, 0.1) is 19.8 Å². The molecular weight excluding hydrogens is 298 g/mol. The fourth-order valence-electron chi connectivity index (χ4n) is 1.26. The molecule has 0 fully saturated rings. The van der Waals surface area contributed by atoms with Gasteiger partial charge in [-0.15, -0.1) is 0 Å². The van der Waals surface area contributed by atoms with Crippen molar-refractivity contribution in [2.45, 2.75) is 26.2 Å². The molecule has 5 nitrogen and oxygen atoms in total. The van der Waals surface area contributed by atoms with Crippen LogP contribution < -0.4 is 5.32 Å². The van der Waals surface area contributed by atoms with E-state index in [0.717, 1.165) is 16.2 Å². The van der Waals surface area contributed by atoms with Crippen LogP contribution in [-0.4, -0.2) is 41.4 Å². The van der Waals surface area contributed by atoms with Crippen molar-refractivity contribution in [1.82, 2.24) is 9.97 Å². The molecule has 0 aromatic carbocycles. The van der Waals surface area contributed by atoms with E-state index in [1.54, 1.807) is 0 Å². The summed E-state index contributed by atoms with van der Waals surface area (Å²) in [6.45, 7) is 7.81. The zero-order valence-corrected chi connectivity index (χ0v) is 12.6. The summed E-state index contributed by atoms with van der Waals surface area (Å²) in [6.07, 6.45) is 0. The van der Waals surface area contributed by atoms with Crippen LogP contribution in [0.3, 0.4) is 0 Å². The summed E-state index contributed by atoms with van der Waals surface area (Å²) in [7, 11) is 0. The van der Waals surface area contributed by atoms with Gasteiger partial charge in [-0.2, -0.15) is 0 Å². The molecule has 0 aliphatic rings. The van der Waals surface area contributed by atoms with Gasteiger partial charge >= 0.3 is 0 Å². The quantitative estimate of drug-likeness (QED) is 0.620. The lowest BCUT2D eigenvalue weighted by atomic mass is 9.96. The van der Waals surface area contributed by atoms with Crippen molar-refractivity contribution >= 4 is 21.7 Å². The summed E-state index contributed by atoms with van der Waals surface area (Å²) in [6, 6.07) is 1.83. The Morgan fingerprint density at radius 2 is 2.06 bits per heavy atom. The van der Waals surface area contributed by atoms with Crippen LogP contribution in [0.1, 0.15) is 26.6 Å². The molecule has 102 valence electrons. The molecular formula is C12H20BrN3O2. The second-order valence-electron chi connectivity index (χ2n) is 4.91. The van der Waals surface area contributed by atoms with Crippen LogP contribution in [0.4, 0.5) is 5.82 Å². The third kappa shape index (κ3) is 5.29. The number of halogens is 1. The van der Waals surface area contributed by atoms with Crippen molar-refractivity contribution < 1.29 is 9.84 Å². The molecule has 0 aliphatic carbocycles. The van der Waals surface area contributed by atoms with Gasteiger partial charge in [-0.3, -0.25) is 0 Å². The Bertz CT molecular complexity index is 380. The SMILES string of the molecule is CC(C)(C)c1nc(Br)cc(NCCOCCO)n1. The van der Waals surface area contributed by atoms with Crippen LogP contribution in [0.5, 0.6) is 0 Å². The van der Waals surface area contributed by atoms with E-state index in [-0.39, 0.29) is 12.0 Å². The first-order valence-electron chi connectivity index (χ1n) is 5.91. The Morgan fingerprint density at radius 3 is 2.67 bits per heavy atom. The number of aliphatic hydroxyl groups is 1. The molecule has 2 N–H and O–H groups in total. The maximum Gasteiger partial charge on any atom is 0.137 e. The highest BCUT2D eigenvalue weighted by molar-refractivity contribution is 9.10. The van der Waals surface area contributed by atoms with E-state index in [0.29, 0.717) is 19.8 Å². The van der Waals surface area contributed by atoms with E-state index >= 15 is 0 Å². The van der Waals surface area contributed by atoms with Crippen LogP contribution in [0, 0.1) is 0 Å². The molecule has 0 unspecified atom stereocenters. The number of ether oxygens (including phenoxy) is 1. The smallest absolute Gasteiger partial charge is 0.137 e. The molecule has 0 spiro atoms. The van der Waals surface area contributed by atoms with Gasteiger partial charge in [-0.25, -0.2) is 9.97 Å². The van der Waals surface area contributed by atoms with Crippen LogP contribution in [-0.2, 0) is 10.2 Å². The summed E-state index contributed by atoms with van der Waals surface area (Å²) in [4.78, 5) is 8.83. The highest BCUT2D eigenvalue weighted by Crippen LogP contribution is 2.22. The normalized spacial score (nSPS) is 11.6. The summed E-state index contributed by atoms with van der Waals surface area (Å²) < 4.78 is 5.93. The van der Waals surface area contributed by atoms with Crippen LogP contribution in [0.2, 0.25) is 0 Å². The van der Waals surface area contributed by atoms with Crippen LogP contribution in [0.25, 0.3) is 0 Å². The molecule has 0 radical (unpaired) electrons. The zero-order chi connectivity index (χ0) is 13.6. The molecule has 0 aliphatic heterocycles. The number of nitrogens with one attached hydrogen (secondary N) is 1. The predicted octanol–water partition coefficient (Wildman–Crippen LogP) is 1.96. The minimum atomic E-state index is -0.0897. The number of anilines is 1. The topological polar surface area (TPSA) is 67.3 Å². The van der Waals surface area contributed by atoms with E-state index in [1.165, 1.54) is 0 Å². The Kier molecular flexibility index (Phi) is 5.98. The maximum atomic E-state index is 8.57. The van der Waals surface area contributed by atoms with Gasteiger partial charge in [0.2, 0.25) is 0 Å². The number of nitrogens with zero attached hydrogens (tertiary/aromatic N) is 2. The van der Waals surface area contributed by atoms with Gasteiger partial charge in [0.25, 0.3) is 0 Å². The van der Waals surface area contributed by atoms with Gasteiger partial charge in [0, 0.05) is 18.0 Å². The summed E-state index contributed by atoms with van der Waals surface area (Å²) in [5, 5.41) is 11.7. The van der Waals surface area contributed by atoms with E-state index in [4.69, 9.17) is 9.84 Å². The van der Waals surface area contributed by atoms with E-state index in [1.807, 2.05) is 6.07 Å². The van der Waals surface area contributed by atoms with Crippen molar-refractivity contribution in [2.24, 2.45) is 0 Å². The Morgan fingerprint density at radius 1 is 1.33 bits per heavy atom. The summed E-state index contributed by atoms with van der Waals surface area (Å²) >= 11 is 3.38. The molecule has 0 bridgehead atoms. The summed E-state index contributed by atoms with van der Waals surface area (Å²) in [5.41, 5.74) is -0.0897. The average molecular weight is 318 g/mol. The number of aliphatic hydroxyl groups excluding tert-OH is 1. The van der Waals surface area contributed by atoms with Crippen LogP contribution in [0.15, 0.2) is 10.7 Å². The van der Waals surface area contributed by atoms with E-state index in [2.05, 4.69) is 52.0 Å². The van der Waals surface area contributed by atoms with E-state index < -0.39 is 0 Å². The lowest BCUT2D eigenvalue weighted by Crippen LogP contribution is -2.18. The molecule has 0 saturated carbocycles. The first kappa shape index (κ1) is 15.3. The molecule has 6 heteroatoms. The Hall–Kier alpha value is -0.720. The van der Waals surface area contributed by atoms with Crippen molar-refractivity contribution in [2.75, 3.05) is 31.7 Å². The minimum absolute atomic E-state index is 0.0488. The van der Waals surface area contributed by atoms with Crippen molar-refractivity contribution in [3.05, 3.63) is 16.5 Å². The third-order valence-corrected chi connectivity index (χ3v) is 2.56. The molecule has 0 amide bonds. The first-order chi connectivity index (χ1) is 8.43. The van der Waals surface area contributed by atoms with Gasteiger partial charge < -0.3 is 15.2 Å². The number of hydrogen-bond acceptors (Lipinski definition) is 5. The molecule has 0 saturated heterocycles. The molecule has 1 aromatic rings. The van der Waals surface area contributed by atoms with Gasteiger partial charge in [0.15, 0.2) is 0 Å². The second-order valence-corrected chi connectivity index (χ2v) is 5.72.